The molecule has 0 amide bonds. The third-order valence-electron chi connectivity index (χ3n) is 2.41. The second-order valence-electron chi connectivity index (χ2n) is 3.38. The van der Waals surface area contributed by atoms with Crippen molar-refractivity contribution >= 4 is 0 Å². The fraction of sp³-hybridized carbons (Fsp3) is 1.00. The number of aliphatic hydroxyl groups excluding tert-OH is 1. The van der Waals surface area contributed by atoms with E-state index in [4.69, 9.17) is 5.11 Å². The summed E-state index contributed by atoms with van der Waals surface area (Å²) in [5.74, 6) is 0. The van der Waals surface area contributed by atoms with E-state index in [-0.39, 0.29) is 6.04 Å². The summed E-state index contributed by atoms with van der Waals surface area (Å²) < 4.78 is 13.2. The van der Waals surface area contributed by atoms with E-state index in [2.05, 4.69) is 0 Å². The second-order valence-corrected chi connectivity index (χ2v) is 3.38. The molecule has 0 aromatic carbocycles. The molecule has 0 bridgehead atoms. The van der Waals surface area contributed by atoms with E-state index in [1.54, 1.807) is 0 Å². The van der Waals surface area contributed by atoms with E-state index in [0.717, 1.165) is 19.4 Å². The SMILES string of the molecule is CC(O)C(F)C1CCCN1C. The smallest absolute Gasteiger partial charge is 0.141 e. The third kappa shape index (κ3) is 1.91. The first kappa shape index (κ1) is 8.94. The van der Waals surface area contributed by atoms with Gasteiger partial charge < -0.3 is 10.0 Å². The van der Waals surface area contributed by atoms with Crippen molar-refractivity contribution < 1.29 is 9.50 Å². The van der Waals surface area contributed by atoms with Gasteiger partial charge in [0.25, 0.3) is 0 Å². The highest BCUT2D eigenvalue weighted by molar-refractivity contribution is 4.85. The minimum atomic E-state index is -1.08. The maximum Gasteiger partial charge on any atom is 0.141 e. The van der Waals surface area contributed by atoms with Gasteiger partial charge in [-0.1, -0.05) is 0 Å². The summed E-state index contributed by atoms with van der Waals surface area (Å²) in [6.45, 7) is 2.47. The molecule has 3 atom stereocenters. The van der Waals surface area contributed by atoms with Crippen LogP contribution in [0.3, 0.4) is 0 Å². The number of aliphatic hydroxyl groups is 1. The molecular weight excluding hydrogens is 145 g/mol. The zero-order valence-electron chi connectivity index (χ0n) is 7.13. The number of likely N-dealkylation sites (tertiary alicyclic amines) is 1. The molecule has 3 heteroatoms. The van der Waals surface area contributed by atoms with Crippen molar-refractivity contribution in [3.05, 3.63) is 0 Å². The standard InChI is InChI=1S/C8H16FNO/c1-6(11)8(9)7-4-3-5-10(7)2/h6-8,11H,3-5H2,1-2H3. The van der Waals surface area contributed by atoms with Gasteiger partial charge in [-0.15, -0.1) is 0 Å². The summed E-state index contributed by atoms with van der Waals surface area (Å²) in [5, 5.41) is 9.00. The van der Waals surface area contributed by atoms with Crippen LogP contribution < -0.4 is 0 Å². The van der Waals surface area contributed by atoms with Crippen LogP contribution >= 0.6 is 0 Å². The molecule has 0 aliphatic carbocycles. The number of nitrogens with zero attached hydrogens (tertiary/aromatic N) is 1. The van der Waals surface area contributed by atoms with E-state index in [0.29, 0.717) is 0 Å². The van der Waals surface area contributed by atoms with Crippen LogP contribution in [0.5, 0.6) is 0 Å². The van der Waals surface area contributed by atoms with Gasteiger partial charge in [-0.3, -0.25) is 0 Å². The molecule has 1 fully saturated rings. The Kier molecular flexibility index (Phi) is 2.84. The summed E-state index contributed by atoms with van der Waals surface area (Å²) in [6.07, 6.45) is 0.0136. The Morgan fingerprint density at radius 2 is 2.27 bits per heavy atom. The van der Waals surface area contributed by atoms with Gasteiger partial charge in [0, 0.05) is 6.04 Å². The van der Waals surface area contributed by atoms with Crippen LogP contribution in [0.15, 0.2) is 0 Å². The molecule has 0 spiro atoms. The number of alkyl halides is 1. The van der Waals surface area contributed by atoms with Gasteiger partial charge in [0.15, 0.2) is 0 Å². The lowest BCUT2D eigenvalue weighted by molar-refractivity contribution is 0.0439. The van der Waals surface area contributed by atoms with Crippen LogP contribution in [0.2, 0.25) is 0 Å². The van der Waals surface area contributed by atoms with Crippen LogP contribution in [0.1, 0.15) is 19.8 Å². The van der Waals surface area contributed by atoms with Crippen molar-refractivity contribution in [2.45, 2.75) is 38.1 Å². The zero-order chi connectivity index (χ0) is 8.43. The molecule has 1 aliphatic heterocycles. The van der Waals surface area contributed by atoms with Crippen LogP contribution in [-0.4, -0.2) is 41.9 Å². The quantitative estimate of drug-likeness (QED) is 0.647. The average molecular weight is 161 g/mol. The molecule has 3 unspecified atom stereocenters. The monoisotopic (exact) mass is 161 g/mol. The highest BCUT2D eigenvalue weighted by atomic mass is 19.1. The molecule has 2 nitrogen and oxygen atoms in total. The lowest BCUT2D eigenvalue weighted by atomic mass is 10.1. The van der Waals surface area contributed by atoms with E-state index in [9.17, 15) is 4.39 Å². The average Bonchev–Trinajstić information content (AvgIpc) is 2.33. The topological polar surface area (TPSA) is 23.5 Å². The maximum atomic E-state index is 13.2. The lowest BCUT2D eigenvalue weighted by Crippen LogP contribution is -2.39. The van der Waals surface area contributed by atoms with Gasteiger partial charge in [-0.25, -0.2) is 4.39 Å². The van der Waals surface area contributed by atoms with Gasteiger partial charge in [-0.05, 0) is 33.4 Å². The number of hydrogen-bond donors (Lipinski definition) is 1. The zero-order valence-corrected chi connectivity index (χ0v) is 7.13. The predicted molar refractivity (Wildman–Crippen MR) is 42.2 cm³/mol. The number of hydrogen-bond acceptors (Lipinski definition) is 2. The van der Waals surface area contributed by atoms with Gasteiger partial charge in [0.05, 0.1) is 6.10 Å². The van der Waals surface area contributed by atoms with Crippen LogP contribution in [0.4, 0.5) is 4.39 Å². The Bertz CT molecular complexity index is 129. The fourth-order valence-corrected chi connectivity index (χ4v) is 1.66. The first-order valence-corrected chi connectivity index (χ1v) is 4.15. The Morgan fingerprint density at radius 3 is 2.64 bits per heavy atom. The Hall–Kier alpha value is -0.150. The number of halogens is 1. The molecule has 66 valence electrons. The summed E-state index contributed by atoms with van der Waals surface area (Å²) >= 11 is 0. The van der Waals surface area contributed by atoms with Gasteiger partial charge in [0.1, 0.15) is 6.17 Å². The Morgan fingerprint density at radius 1 is 1.64 bits per heavy atom. The highest BCUT2D eigenvalue weighted by Crippen LogP contribution is 2.21. The van der Waals surface area contributed by atoms with Crippen molar-refractivity contribution in [2.24, 2.45) is 0 Å². The van der Waals surface area contributed by atoms with Crippen molar-refractivity contribution in [2.75, 3.05) is 13.6 Å². The molecule has 0 aromatic heterocycles. The highest BCUT2D eigenvalue weighted by Gasteiger charge is 2.31. The fourth-order valence-electron chi connectivity index (χ4n) is 1.66. The largest absolute Gasteiger partial charge is 0.390 e. The summed E-state index contributed by atoms with van der Waals surface area (Å²) in [7, 11) is 1.91. The van der Waals surface area contributed by atoms with Gasteiger partial charge in [-0.2, -0.15) is 0 Å². The van der Waals surface area contributed by atoms with E-state index in [1.165, 1.54) is 6.92 Å². The summed E-state index contributed by atoms with van der Waals surface area (Å²) in [6, 6.07) is -0.0602. The van der Waals surface area contributed by atoms with Crippen molar-refractivity contribution in [3.63, 3.8) is 0 Å². The van der Waals surface area contributed by atoms with E-state index < -0.39 is 12.3 Å². The van der Waals surface area contributed by atoms with Gasteiger partial charge in [0.2, 0.25) is 0 Å². The molecule has 1 saturated heterocycles. The number of rotatable bonds is 2. The van der Waals surface area contributed by atoms with Crippen LogP contribution in [0.25, 0.3) is 0 Å². The molecule has 1 aliphatic rings. The maximum absolute atomic E-state index is 13.2. The molecule has 0 aromatic rings. The van der Waals surface area contributed by atoms with Gasteiger partial charge >= 0.3 is 0 Å². The molecule has 0 radical (unpaired) electrons. The predicted octanol–water partition coefficient (Wildman–Crippen LogP) is 0.800. The van der Waals surface area contributed by atoms with E-state index >= 15 is 0 Å². The summed E-state index contributed by atoms with van der Waals surface area (Å²) in [5.41, 5.74) is 0. The molecule has 0 saturated carbocycles. The molecular formula is C8H16FNO. The molecule has 1 heterocycles. The van der Waals surface area contributed by atoms with Crippen LogP contribution in [-0.2, 0) is 0 Å². The summed E-state index contributed by atoms with van der Waals surface area (Å²) in [4.78, 5) is 1.98. The normalized spacial score (nSPS) is 32.2. The molecule has 1 rings (SSSR count). The third-order valence-corrected chi connectivity index (χ3v) is 2.41. The first-order valence-electron chi connectivity index (χ1n) is 4.15. The van der Waals surface area contributed by atoms with Crippen molar-refractivity contribution in [1.29, 1.82) is 0 Å². The Labute approximate surface area is 67.0 Å². The van der Waals surface area contributed by atoms with Crippen LogP contribution in [0, 0.1) is 0 Å². The minimum absolute atomic E-state index is 0.0602. The van der Waals surface area contributed by atoms with E-state index in [1.807, 2.05) is 11.9 Å². The molecule has 11 heavy (non-hydrogen) atoms. The first-order chi connectivity index (χ1) is 5.13. The Balaban J connectivity index is 2.45. The van der Waals surface area contributed by atoms with Crippen molar-refractivity contribution in [3.8, 4) is 0 Å². The molecule has 1 N–H and O–H groups in total. The minimum Gasteiger partial charge on any atom is -0.390 e. The lowest BCUT2D eigenvalue weighted by Gasteiger charge is -2.24. The van der Waals surface area contributed by atoms with Crippen molar-refractivity contribution in [1.82, 2.24) is 4.90 Å². The second kappa shape index (κ2) is 3.50.